The molecule has 0 saturated heterocycles. The molecular weight excluding hydrogens is 235 g/mol. The van der Waals surface area contributed by atoms with Gasteiger partial charge in [-0.1, -0.05) is 35.9 Å². The largest absolute Gasteiger partial charge is 0.486 e. The van der Waals surface area contributed by atoms with Gasteiger partial charge in [0, 0.05) is 5.56 Å². The Hall–Kier alpha value is -0.990. The van der Waals surface area contributed by atoms with E-state index < -0.39 is 0 Å². The average Bonchev–Trinajstić information content (AvgIpc) is 2.16. The van der Waals surface area contributed by atoms with E-state index in [4.69, 9.17) is 27.9 Å². The summed E-state index contributed by atoms with van der Waals surface area (Å²) >= 11 is 11.8. The van der Waals surface area contributed by atoms with Gasteiger partial charge in [0.1, 0.15) is 6.61 Å². The molecule has 0 aliphatic carbocycles. The van der Waals surface area contributed by atoms with Crippen LogP contribution in [0.1, 0.15) is 17.3 Å². The second kappa shape index (κ2) is 5.19. The normalized spacial score (nSPS) is 9.80. The minimum Gasteiger partial charge on any atom is -0.486 e. The van der Waals surface area contributed by atoms with Crippen LogP contribution in [-0.4, -0.2) is 12.4 Å². The van der Waals surface area contributed by atoms with E-state index in [9.17, 15) is 4.79 Å². The highest BCUT2D eigenvalue weighted by Gasteiger charge is 2.11. The van der Waals surface area contributed by atoms with Crippen molar-refractivity contribution in [3.63, 3.8) is 0 Å². The average molecular weight is 245 g/mol. The Balaban J connectivity index is 3.09. The predicted molar refractivity (Wildman–Crippen MR) is 62.2 cm³/mol. The summed E-state index contributed by atoms with van der Waals surface area (Å²) in [6.45, 7) is 5.28. The summed E-state index contributed by atoms with van der Waals surface area (Å²) in [5.74, 6) is 0.289. The lowest BCUT2D eigenvalue weighted by molar-refractivity contribution is 0.101. The molecule has 0 aromatic heterocycles. The molecule has 0 heterocycles. The third-order valence-electron chi connectivity index (χ3n) is 1.75. The molecule has 0 unspecified atom stereocenters. The molecule has 0 atom stereocenters. The van der Waals surface area contributed by atoms with Gasteiger partial charge in [0.05, 0.1) is 10.0 Å². The molecule has 0 bridgehead atoms. The Morgan fingerprint density at radius 3 is 2.40 bits per heavy atom. The molecule has 0 aliphatic rings. The first-order chi connectivity index (χ1) is 7.06. The quantitative estimate of drug-likeness (QED) is 0.596. The molecule has 15 heavy (non-hydrogen) atoms. The van der Waals surface area contributed by atoms with Crippen LogP contribution in [0.25, 0.3) is 0 Å². The Morgan fingerprint density at radius 2 is 2.00 bits per heavy atom. The zero-order valence-corrected chi connectivity index (χ0v) is 9.73. The maximum Gasteiger partial charge on any atom is 0.159 e. The number of carbonyl (C=O) groups is 1. The van der Waals surface area contributed by atoms with Crippen LogP contribution in [-0.2, 0) is 0 Å². The van der Waals surface area contributed by atoms with Crippen molar-refractivity contribution in [1.29, 1.82) is 0 Å². The fourth-order valence-electron chi connectivity index (χ4n) is 1.04. The third-order valence-corrected chi connectivity index (χ3v) is 2.31. The summed E-state index contributed by atoms with van der Waals surface area (Å²) in [6, 6.07) is 3.07. The molecule has 4 heteroatoms. The number of hydrogen-bond donors (Lipinski definition) is 0. The van der Waals surface area contributed by atoms with Crippen molar-refractivity contribution in [2.45, 2.75) is 6.92 Å². The zero-order chi connectivity index (χ0) is 11.4. The van der Waals surface area contributed by atoms with Crippen molar-refractivity contribution < 1.29 is 9.53 Å². The molecule has 0 radical (unpaired) electrons. The van der Waals surface area contributed by atoms with E-state index in [2.05, 4.69) is 6.58 Å². The summed E-state index contributed by atoms with van der Waals surface area (Å²) in [7, 11) is 0. The van der Waals surface area contributed by atoms with E-state index in [0.29, 0.717) is 28.0 Å². The first-order valence-corrected chi connectivity index (χ1v) is 5.05. The van der Waals surface area contributed by atoms with E-state index in [-0.39, 0.29) is 5.78 Å². The van der Waals surface area contributed by atoms with Crippen LogP contribution in [0.5, 0.6) is 5.75 Å². The molecule has 0 spiro atoms. The van der Waals surface area contributed by atoms with Gasteiger partial charge in [-0.25, -0.2) is 0 Å². The highest BCUT2D eigenvalue weighted by atomic mass is 35.5. The number of benzene rings is 1. The van der Waals surface area contributed by atoms with Crippen LogP contribution < -0.4 is 4.74 Å². The van der Waals surface area contributed by atoms with E-state index in [0.717, 1.165) is 0 Å². The van der Waals surface area contributed by atoms with Gasteiger partial charge < -0.3 is 4.74 Å². The number of rotatable bonds is 4. The van der Waals surface area contributed by atoms with Crippen LogP contribution in [0.2, 0.25) is 10.0 Å². The van der Waals surface area contributed by atoms with Crippen LogP contribution >= 0.6 is 23.2 Å². The first-order valence-electron chi connectivity index (χ1n) is 4.30. The summed E-state index contributed by atoms with van der Waals surface area (Å²) < 4.78 is 5.26. The van der Waals surface area contributed by atoms with Crippen molar-refractivity contribution in [1.82, 2.24) is 0 Å². The smallest absolute Gasteiger partial charge is 0.159 e. The number of ether oxygens (including phenoxy) is 1. The molecule has 1 aromatic carbocycles. The number of carbonyl (C=O) groups excluding carboxylic acids is 1. The molecule has 0 saturated carbocycles. The Morgan fingerprint density at radius 1 is 1.47 bits per heavy atom. The van der Waals surface area contributed by atoms with Crippen molar-refractivity contribution >= 4 is 29.0 Å². The van der Waals surface area contributed by atoms with Crippen LogP contribution in [0.15, 0.2) is 24.8 Å². The van der Waals surface area contributed by atoms with Gasteiger partial charge in [0.2, 0.25) is 0 Å². The van der Waals surface area contributed by atoms with Crippen LogP contribution in [0.4, 0.5) is 0 Å². The minimum absolute atomic E-state index is 0.0888. The Bertz CT molecular complexity index is 377. The molecular formula is C11H10Cl2O2. The number of halogens is 2. The number of ketones is 1. The van der Waals surface area contributed by atoms with Gasteiger partial charge in [-0.05, 0) is 19.1 Å². The van der Waals surface area contributed by atoms with E-state index in [1.54, 1.807) is 6.08 Å². The molecule has 0 amide bonds. The van der Waals surface area contributed by atoms with Crippen molar-refractivity contribution in [2.75, 3.05) is 6.61 Å². The van der Waals surface area contributed by atoms with E-state index >= 15 is 0 Å². The summed E-state index contributed by atoms with van der Waals surface area (Å²) in [5.41, 5.74) is 0.468. The van der Waals surface area contributed by atoms with Gasteiger partial charge in [-0.3, -0.25) is 4.79 Å². The molecule has 2 nitrogen and oxygen atoms in total. The van der Waals surface area contributed by atoms with Crippen LogP contribution in [0, 0.1) is 0 Å². The second-order valence-corrected chi connectivity index (χ2v) is 3.74. The van der Waals surface area contributed by atoms with E-state index in [1.807, 2.05) is 0 Å². The monoisotopic (exact) mass is 244 g/mol. The molecule has 80 valence electrons. The number of Topliss-reactive ketones (excluding diaryl/α,β-unsaturated/α-hetero) is 1. The fourth-order valence-corrected chi connectivity index (χ4v) is 1.64. The van der Waals surface area contributed by atoms with Crippen molar-refractivity contribution in [3.8, 4) is 5.75 Å². The van der Waals surface area contributed by atoms with Gasteiger partial charge in [0.15, 0.2) is 11.5 Å². The second-order valence-electron chi connectivity index (χ2n) is 2.92. The molecule has 0 N–H and O–H groups in total. The Labute approximate surface area is 98.4 Å². The maximum absolute atomic E-state index is 11.1. The highest BCUT2D eigenvalue weighted by molar-refractivity contribution is 6.37. The van der Waals surface area contributed by atoms with Crippen molar-refractivity contribution in [3.05, 3.63) is 40.4 Å². The molecule has 0 aliphatic heterocycles. The SMILES string of the molecule is C=CCOc1c(Cl)cc(C(C)=O)cc1Cl. The summed E-state index contributed by atoms with van der Waals surface area (Å²) in [4.78, 5) is 11.1. The van der Waals surface area contributed by atoms with Crippen molar-refractivity contribution in [2.24, 2.45) is 0 Å². The molecule has 1 rings (SSSR count). The van der Waals surface area contributed by atoms with E-state index in [1.165, 1.54) is 19.1 Å². The van der Waals surface area contributed by atoms with Gasteiger partial charge in [-0.2, -0.15) is 0 Å². The Kier molecular flexibility index (Phi) is 4.18. The zero-order valence-electron chi connectivity index (χ0n) is 8.22. The lowest BCUT2D eigenvalue weighted by Crippen LogP contribution is -1.97. The lowest BCUT2D eigenvalue weighted by Gasteiger charge is -2.09. The standard InChI is InChI=1S/C11H10Cl2O2/c1-3-4-15-11-9(12)5-8(7(2)14)6-10(11)13/h3,5-6H,1,4H2,2H3. The number of hydrogen-bond acceptors (Lipinski definition) is 2. The third kappa shape index (κ3) is 2.98. The van der Waals surface area contributed by atoms with Gasteiger partial charge in [-0.15, -0.1) is 0 Å². The topological polar surface area (TPSA) is 26.3 Å². The van der Waals surface area contributed by atoms with Crippen LogP contribution in [0.3, 0.4) is 0 Å². The lowest BCUT2D eigenvalue weighted by atomic mass is 10.1. The first kappa shape index (κ1) is 12.1. The summed E-state index contributed by atoms with van der Waals surface area (Å²) in [6.07, 6.45) is 1.59. The summed E-state index contributed by atoms with van der Waals surface area (Å²) in [5, 5.41) is 0.657. The molecule has 1 aromatic rings. The van der Waals surface area contributed by atoms with Gasteiger partial charge in [0.25, 0.3) is 0 Å². The maximum atomic E-state index is 11.1. The van der Waals surface area contributed by atoms with Gasteiger partial charge >= 0.3 is 0 Å². The highest BCUT2D eigenvalue weighted by Crippen LogP contribution is 2.34. The minimum atomic E-state index is -0.0888. The fraction of sp³-hybridized carbons (Fsp3) is 0.182. The molecule has 0 fully saturated rings. The predicted octanol–water partition coefficient (Wildman–Crippen LogP) is 3.76.